The van der Waals surface area contributed by atoms with E-state index >= 15 is 0 Å². The first-order valence-corrected chi connectivity index (χ1v) is 13.8. The summed E-state index contributed by atoms with van der Waals surface area (Å²) in [6.45, 7) is 8.54. The van der Waals surface area contributed by atoms with E-state index in [4.69, 9.17) is 25.6 Å². The number of phenols is 1. The fourth-order valence-corrected chi connectivity index (χ4v) is 5.09. The van der Waals surface area contributed by atoms with E-state index in [1.54, 1.807) is 13.2 Å². The van der Waals surface area contributed by atoms with Crippen LogP contribution in [0.2, 0.25) is 5.02 Å². The first kappa shape index (κ1) is 28.1. The number of ether oxygens (including phenoxy) is 2. The van der Waals surface area contributed by atoms with Crippen LogP contribution in [0, 0.1) is 13.8 Å². The number of methoxy groups -OCH3 is 1. The number of halogens is 1. The third kappa shape index (κ3) is 7.78. The molecule has 2 atom stereocenters. The van der Waals surface area contributed by atoms with Crippen molar-refractivity contribution in [2.45, 2.75) is 52.6 Å². The molecule has 7 heteroatoms. The summed E-state index contributed by atoms with van der Waals surface area (Å²) in [5, 5.41) is 10.8. The molecule has 0 aliphatic heterocycles. The van der Waals surface area contributed by atoms with Crippen molar-refractivity contribution in [3.8, 4) is 11.5 Å². The monoisotopic (exact) mass is 529 g/mol. The number of phenolic OH excluding ortho intramolecular Hbond substituents is 1. The van der Waals surface area contributed by atoms with Crippen LogP contribution in [0.5, 0.6) is 11.5 Å². The molecule has 1 unspecified atom stereocenters. The Hall–Kier alpha value is -2.43. The Kier molecular flexibility index (Phi) is 10.3. The maximum absolute atomic E-state index is 12.4. The summed E-state index contributed by atoms with van der Waals surface area (Å²) in [7, 11) is -0.340. The van der Waals surface area contributed by atoms with Gasteiger partial charge in [-0.1, -0.05) is 49.7 Å². The topological polar surface area (TPSA) is 65.0 Å². The van der Waals surface area contributed by atoms with E-state index in [2.05, 4.69) is 33.8 Å². The van der Waals surface area contributed by atoms with Gasteiger partial charge in [0.05, 0.1) is 6.10 Å². The molecule has 0 heterocycles. The van der Waals surface area contributed by atoms with Gasteiger partial charge in [-0.3, -0.25) is 0 Å². The van der Waals surface area contributed by atoms with Crippen LogP contribution in [0.4, 0.5) is 0 Å². The van der Waals surface area contributed by atoms with Crippen molar-refractivity contribution >= 4 is 19.6 Å². The van der Waals surface area contributed by atoms with Gasteiger partial charge in [0.25, 0.3) is 0 Å². The highest BCUT2D eigenvalue weighted by Gasteiger charge is 2.21. The normalized spacial score (nSPS) is 12.6. The Morgan fingerprint density at radius 1 is 1.03 bits per heavy atom. The van der Waals surface area contributed by atoms with Gasteiger partial charge in [-0.2, -0.15) is 0 Å². The van der Waals surface area contributed by atoms with Crippen molar-refractivity contribution in [1.82, 2.24) is 0 Å². The molecule has 3 aromatic carbocycles. The average Bonchev–Trinajstić information content (AvgIpc) is 2.83. The van der Waals surface area contributed by atoms with Gasteiger partial charge in [-0.15, -0.1) is 4.52 Å². The minimum atomic E-state index is -1.97. The molecule has 3 aromatic rings. The molecule has 0 radical (unpaired) electrons. The Morgan fingerprint density at radius 2 is 1.75 bits per heavy atom. The van der Waals surface area contributed by atoms with Gasteiger partial charge < -0.3 is 14.6 Å². The van der Waals surface area contributed by atoms with Crippen LogP contribution in [-0.2, 0) is 20.2 Å². The molecule has 0 aromatic heterocycles. The van der Waals surface area contributed by atoms with Gasteiger partial charge in [0.15, 0.2) is 0 Å². The van der Waals surface area contributed by atoms with Crippen LogP contribution < -0.4 is 4.74 Å². The molecular weight excluding hydrogens is 495 g/mol. The number of benzene rings is 3. The second kappa shape index (κ2) is 13.2. The minimum Gasteiger partial charge on any atom is -0.508 e. The number of hydrogen-bond acceptors (Lipinski definition) is 5. The highest BCUT2D eigenvalue weighted by molar-refractivity contribution is 7.38. The van der Waals surface area contributed by atoms with Crippen LogP contribution in [-0.4, -0.2) is 25.2 Å². The second-order valence-corrected chi connectivity index (χ2v) is 10.9. The van der Waals surface area contributed by atoms with Crippen molar-refractivity contribution in [1.29, 1.82) is 0 Å². The zero-order valence-corrected chi connectivity index (χ0v) is 23.2. The molecule has 0 saturated heterocycles. The minimum absolute atomic E-state index is 0.0158. The number of hydrogen-bond donors (Lipinski definition) is 1. The summed E-state index contributed by atoms with van der Waals surface area (Å²) in [5.74, 6) is 1.26. The fraction of sp³-hybridized carbons (Fsp3) is 0.379. The summed E-state index contributed by atoms with van der Waals surface area (Å²) in [6.07, 6.45) is 1.12. The number of aromatic hydroxyl groups is 1. The largest absolute Gasteiger partial charge is 0.550 e. The molecule has 0 spiro atoms. The van der Waals surface area contributed by atoms with Gasteiger partial charge in [-0.25, -0.2) is 0 Å². The maximum Gasteiger partial charge on any atom is 0.550 e. The molecule has 192 valence electrons. The van der Waals surface area contributed by atoms with E-state index in [1.807, 2.05) is 42.5 Å². The number of aryl methyl sites for hydroxylation is 2. The van der Waals surface area contributed by atoms with E-state index in [1.165, 1.54) is 5.56 Å². The van der Waals surface area contributed by atoms with Crippen molar-refractivity contribution in [3.05, 3.63) is 93.0 Å². The van der Waals surface area contributed by atoms with Gasteiger partial charge in [-0.05, 0) is 94.5 Å². The fourth-order valence-electron chi connectivity index (χ4n) is 4.25. The quantitative estimate of drug-likeness (QED) is 0.239. The summed E-state index contributed by atoms with van der Waals surface area (Å²) >= 11 is 6.07. The molecule has 0 fully saturated rings. The Bertz CT molecular complexity index is 1170. The Balaban J connectivity index is 1.54. The standard InChI is InChI=1S/C29H34ClO5P/c1-19(2)26-15-22(9-10-28(26)31)16-27-20(3)13-25(14-21(27)4)34-18-36(32)35-12-11-29(33-5)23-7-6-8-24(30)17-23/h6-10,13-15,17,19,29H,11-12,16,18H2,1-5H3/p+1/t29-/m0/s1. The van der Waals surface area contributed by atoms with E-state index in [0.717, 1.165) is 34.2 Å². The molecule has 5 nitrogen and oxygen atoms in total. The predicted octanol–water partition coefficient (Wildman–Crippen LogP) is 8.25. The molecule has 0 amide bonds. The second-order valence-electron chi connectivity index (χ2n) is 9.27. The van der Waals surface area contributed by atoms with E-state index < -0.39 is 8.03 Å². The Labute approximate surface area is 220 Å². The van der Waals surface area contributed by atoms with Gasteiger partial charge >= 0.3 is 14.4 Å². The van der Waals surface area contributed by atoms with E-state index in [9.17, 15) is 9.67 Å². The lowest BCUT2D eigenvalue weighted by Gasteiger charge is -2.15. The third-order valence-corrected chi connectivity index (χ3v) is 7.27. The lowest BCUT2D eigenvalue weighted by atomic mass is 9.93. The van der Waals surface area contributed by atoms with Gasteiger partial charge in [0.2, 0.25) is 0 Å². The van der Waals surface area contributed by atoms with Crippen LogP contribution in [0.25, 0.3) is 0 Å². The van der Waals surface area contributed by atoms with Crippen LogP contribution in [0.15, 0.2) is 54.6 Å². The van der Waals surface area contributed by atoms with Crippen molar-refractivity contribution in [3.63, 3.8) is 0 Å². The maximum atomic E-state index is 12.4. The van der Waals surface area contributed by atoms with Crippen LogP contribution in [0.1, 0.15) is 65.7 Å². The van der Waals surface area contributed by atoms with Crippen LogP contribution >= 0.6 is 19.6 Å². The molecule has 36 heavy (non-hydrogen) atoms. The Morgan fingerprint density at radius 3 is 2.39 bits per heavy atom. The summed E-state index contributed by atoms with van der Waals surface area (Å²) in [5.41, 5.74) is 6.49. The van der Waals surface area contributed by atoms with Gasteiger partial charge in [0, 0.05) is 18.6 Å². The zero-order valence-electron chi connectivity index (χ0n) is 21.6. The summed E-state index contributed by atoms with van der Waals surface area (Å²) in [4.78, 5) is 0. The molecule has 0 saturated carbocycles. The van der Waals surface area contributed by atoms with Crippen molar-refractivity contribution in [2.24, 2.45) is 0 Å². The molecule has 1 N–H and O–H groups in total. The first-order valence-electron chi connectivity index (χ1n) is 12.1. The van der Waals surface area contributed by atoms with Crippen LogP contribution in [0.3, 0.4) is 0 Å². The predicted molar refractivity (Wildman–Crippen MR) is 146 cm³/mol. The summed E-state index contributed by atoms with van der Waals surface area (Å²) < 4.78 is 29.2. The SMILES string of the molecule is CO[C@@H](CCO[P+](=O)COc1cc(C)c(Cc2ccc(O)c(C(C)C)c2)c(C)c1)c1cccc(Cl)c1. The van der Waals surface area contributed by atoms with E-state index in [0.29, 0.717) is 22.9 Å². The summed E-state index contributed by atoms with van der Waals surface area (Å²) in [6, 6.07) is 17.2. The average molecular weight is 530 g/mol. The van der Waals surface area contributed by atoms with Crippen molar-refractivity contribution < 1.29 is 23.7 Å². The molecule has 0 bridgehead atoms. The molecule has 3 rings (SSSR count). The van der Waals surface area contributed by atoms with E-state index in [-0.39, 0.29) is 25.0 Å². The highest BCUT2D eigenvalue weighted by atomic mass is 35.5. The van der Waals surface area contributed by atoms with Gasteiger partial charge in [0.1, 0.15) is 18.1 Å². The third-order valence-electron chi connectivity index (χ3n) is 6.22. The smallest absolute Gasteiger partial charge is 0.508 e. The first-order chi connectivity index (χ1) is 17.2. The molecule has 0 aliphatic rings. The number of rotatable bonds is 12. The lowest BCUT2D eigenvalue weighted by molar-refractivity contribution is 0.0820. The highest BCUT2D eigenvalue weighted by Crippen LogP contribution is 2.31. The molecule has 0 aliphatic carbocycles. The lowest BCUT2D eigenvalue weighted by Crippen LogP contribution is -2.05. The molecular formula is C29H35ClO5P+. The van der Waals surface area contributed by atoms with Crippen molar-refractivity contribution in [2.75, 3.05) is 20.1 Å². The zero-order chi connectivity index (χ0) is 26.2.